The molecule has 0 aliphatic carbocycles. The monoisotopic (exact) mass is 341 g/mol. The lowest BCUT2D eigenvalue weighted by molar-refractivity contribution is 0.593. The molecule has 9 heteroatoms. The molecule has 3 aromatic rings. The third kappa shape index (κ3) is 1.89. The van der Waals surface area contributed by atoms with Crippen molar-refractivity contribution in [3.05, 3.63) is 22.6 Å². The Bertz CT molecular complexity index is 918. The van der Waals surface area contributed by atoms with Crippen LogP contribution in [0, 0.1) is 6.92 Å². The first-order valence-corrected chi connectivity index (χ1v) is 7.93. The number of nitrogens with zero attached hydrogens (tertiary/aromatic N) is 5. The van der Waals surface area contributed by atoms with Gasteiger partial charge in [-0.3, -0.25) is 4.40 Å². The van der Waals surface area contributed by atoms with Crippen molar-refractivity contribution < 1.29 is 8.42 Å². The fraction of sp³-hybridized carbons (Fsp3) is 0.200. The Hall–Kier alpha value is -1.61. The summed E-state index contributed by atoms with van der Waals surface area (Å²) in [6, 6.07) is 1.78. The van der Waals surface area contributed by atoms with Crippen LogP contribution in [0.15, 0.2) is 21.9 Å². The molecule has 0 unspecified atom stereocenters. The van der Waals surface area contributed by atoms with Crippen molar-refractivity contribution >= 4 is 42.4 Å². The first-order valence-electron chi connectivity index (χ1n) is 5.25. The summed E-state index contributed by atoms with van der Waals surface area (Å²) in [7, 11) is -3.46. The minimum absolute atomic E-state index is 0.211. The van der Waals surface area contributed by atoms with Crippen LogP contribution in [0.5, 0.6) is 0 Å². The third-order valence-corrected chi connectivity index (χ3v) is 4.08. The highest BCUT2D eigenvalue weighted by atomic mass is 79.9. The molecule has 0 aliphatic rings. The Balaban J connectivity index is 2.54. The van der Waals surface area contributed by atoms with Crippen LogP contribution in [-0.2, 0) is 9.84 Å². The molecule has 3 aromatic heterocycles. The van der Waals surface area contributed by atoms with Crippen LogP contribution >= 0.6 is 15.9 Å². The normalized spacial score (nSPS) is 12.4. The molecular weight excluding hydrogens is 334 g/mol. The van der Waals surface area contributed by atoms with Gasteiger partial charge >= 0.3 is 0 Å². The van der Waals surface area contributed by atoms with Crippen LogP contribution < -0.4 is 0 Å². The van der Waals surface area contributed by atoms with E-state index < -0.39 is 9.84 Å². The van der Waals surface area contributed by atoms with Gasteiger partial charge in [-0.2, -0.15) is 4.98 Å². The van der Waals surface area contributed by atoms with Gasteiger partial charge in [-0.1, -0.05) is 0 Å². The van der Waals surface area contributed by atoms with Crippen molar-refractivity contribution in [1.29, 1.82) is 0 Å². The topological polar surface area (TPSA) is 90.1 Å². The summed E-state index contributed by atoms with van der Waals surface area (Å²) in [5, 5.41) is 8.48. The number of aromatic nitrogens is 5. The standard InChI is InChI=1S/C10H8BrN5O2S/c1-5-14-15-9-7(11)3-6-4-12-10(19(2,17)18)13-8(6)16(5)9/h3-4H,1-2H3. The molecule has 0 aliphatic heterocycles. The Morgan fingerprint density at radius 2 is 2.00 bits per heavy atom. The number of sulfone groups is 1. The number of fused-ring (bicyclic) bond motifs is 3. The van der Waals surface area contributed by atoms with Crippen molar-refractivity contribution in [2.75, 3.05) is 6.26 Å². The summed E-state index contributed by atoms with van der Waals surface area (Å²) in [4.78, 5) is 7.98. The van der Waals surface area contributed by atoms with Gasteiger partial charge in [0, 0.05) is 17.8 Å². The van der Waals surface area contributed by atoms with Crippen LogP contribution in [0.1, 0.15) is 5.82 Å². The average molecular weight is 342 g/mol. The van der Waals surface area contributed by atoms with Crippen molar-refractivity contribution in [3.63, 3.8) is 0 Å². The van der Waals surface area contributed by atoms with Crippen molar-refractivity contribution in [3.8, 4) is 0 Å². The van der Waals surface area contributed by atoms with E-state index in [-0.39, 0.29) is 5.16 Å². The lowest BCUT2D eigenvalue weighted by Gasteiger charge is -2.05. The van der Waals surface area contributed by atoms with E-state index in [4.69, 9.17) is 0 Å². The maximum atomic E-state index is 11.5. The molecule has 0 saturated carbocycles. The predicted octanol–water partition coefficient (Wildman–Crippen LogP) is 1.15. The summed E-state index contributed by atoms with van der Waals surface area (Å²) >= 11 is 3.39. The van der Waals surface area contributed by atoms with E-state index in [1.807, 2.05) is 0 Å². The van der Waals surface area contributed by atoms with Gasteiger partial charge in [-0.05, 0) is 28.9 Å². The number of hydrogen-bond donors (Lipinski definition) is 0. The molecule has 3 rings (SSSR count). The average Bonchev–Trinajstić information content (AvgIpc) is 2.71. The summed E-state index contributed by atoms with van der Waals surface area (Å²) in [5.74, 6) is 0.624. The molecule has 0 fully saturated rings. The molecule has 0 N–H and O–H groups in total. The molecular formula is C10H8BrN5O2S. The van der Waals surface area contributed by atoms with E-state index in [2.05, 4.69) is 36.1 Å². The Kier molecular flexibility index (Phi) is 2.58. The maximum Gasteiger partial charge on any atom is 0.248 e. The zero-order valence-electron chi connectivity index (χ0n) is 9.99. The van der Waals surface area contributed by atoms with Gasteiger partial charge in [0.1, 0.15) is 5.82 Å². The Morgan fingerprint density at radius 1 is 1.26 bits per heavy atom. The summed E-state index contributed by atoms with van der Waals surface area (Å²) in [5.41, 5.74) is 1.05. The van der Waals surface area contributed by atoms with E-state index in [1.54, 1.807) is 17.4 Å². The van der Waals surface area contributed by atoms with Crippen molar-refractivity contribution in [2.45, 2.75) is 12.1 Å². The molecule has 0 spiro atoms. The number of hydrogen-bond acceptors (Lipinski definition) is 6. The van der Waals surface area contributed by atoms with Gasteiger partial charge in [0.25, 0.3) is 0 Å². The minimum Gasteiger partial charge on any atom is -0.262 e. The summed E-state index contributed by atoms with van der Waals surface area (Å²) in [6.07, 6.45) is 2.55. The van der Waals surface area contributed by atoms with Crippen LogP contribution in [-0.4, -0.2) is 39.2 Å². The van der Waals surface area contributed by atoms with E-state index in [9.17, 15) is 8.42 Å². The van der Waals surface area contributed by atoms with Gasteiger partial charge in [-0.15, -0.1) is 10.2 Å². The number of pyridine rings is 1. The first kappa shape index (κ1) is 12.4. The highest BCUT2D eigenvalue weighted by Crippen LogP contribution is 2.24. The van der Waals surface area contributed by atoms with E-state index in [0.29, 0.717) is 22.5 Å². The quantitative estimate of drug-likeness (QED) is 0.616. The van der Waals surface area contributed by atoms with E-state index in [1.165, 1.54) is 6.20 Å². The molecule has 0 bridgehead atoms. The molecule has 0 aromatic carbocycles. The van der Waals surface area contributed by atoms with Crippen LogP contribution in [0.4, 0.5) is 0 Å². The number of rotatable bonds is 1. The molecule has 0 saturated heterocycles. The van der Waals surface area contributed by atoms with Crippen molar-refractivity contribution in [1.82, 2.24) is 24.6 Å². The second-order valence-corrected chi connectivity index (χ2v) is 6.87. The predicted molar refractivity (Wildman–Crippen MR) is 71.6 cm³/mol. The minimum atomic E-state index is -3.46. The fourth-order valence-corrected chi connectivity index (χ4v) is 2.80. The first-order chi connectivity index (χ1) is 8.88. The third-order valence-electron chi connectivity index (χ3n) is 2.64. The zero-order chi connectivity index (χ0) is 13.8. The van der Waals surface area contributed by atoms with Gasteiger partial charge in [0.2, 0.25) is 15.0 Å². The largest absolute Gasteiger partial charge is 0.262 e. The fourth-order valence-electron chi connectivity index (χ4n) is 1.80. The van der Waals surface area contributed by atoms with Gasteiger partial charge in [0.15, 0.2) is 11.3 Å². The number of aryl methyl sites for hydroxylation is 1. The lowest BCUT2D eigenvalue weighted by atomic mass is 10.3. The summed E-state index contributed by atoms with van der Waals surface area (Å²) < 4.78 is 25.5. The van der Waals surface area contributed by atoms with E-state index in [0.717, 1.165) is 10.7 Å². The van der Waals surface area contributed by atoms with E-state index >= 15 is 0 Å². The molecule has 0 radical (unpaired) electrons. The van der Waals surface area contributed by atoms with Gasteiger partial charge < -0.3 is 0 Å². The zero-order valence-corrected chi connectivity index (χ0v) is 12.4. The molecule has 0 atom stereocenters. The lowest BCUT2D eigenvalue weighted by Crippen LogP contribution is -2.06. The molecule has 3 heterocycles. The van der Waals surface area contributed by atoms with Crippen LogP contribution in [0.25, 0.3) is 16.7 Å². The van der Waals surface area contributed by atoms with Gasteiger partial charge in [0.05, 0.1) is 4.47 Å². The highest BCUT2D eigenvalue weighted by molar-refractivity contribution is 9.10. The molecule has 19 heavy (non-hydrogen) atoms. The van der Waals surface area contributed by atoms with Crippen LogP contribution in [0.2, 0.25) is 0 Å². The molecule has 98 valence electrons. The molecule has 0 amide bonds. The Labute approximate surface area is 116 Å². The van der Waals surface area contributed by atoms with Gasteiger partial charge in [-0.25, -0.2) is 13.4 Å². The van der Waals surface area contributed by atoms with Crippen molar-refractivity contribution in [2.24, 2.45) is 0 Å². The second-order valence-electron chi connectivity index (χ2n) is 4.10. The smallest absolute Gasteiger partial charge is 0.248 e. The maximum absolute atomic E-state index is 11.5. The molecule has 7 nitrogen and oxygen atoms in total. The SMILES string of the molecule is Cc1nnc2c(Br)cc3cnc(S(C)(=O)=O)nc3n12. The highest BCUT2D eigenvalue weighted by Gasteiger charge is 2.16. The summed E-state index contributed by atoms with van der Waals surface area (Å²) in [6.45, 7) is 1.77. The Morgan fingerprint density at radius 3 is 2.68 bits per heavy atom. The number of halogens is 1. The second kappa shape index (κ2) is 3.94. The van der Waals surface area contributed by atoms with Crippen LogP contribution in [0.3, 0.4) is 0 Å².